The largest absolute Gasteiger partial charge is 0.493 e. The second-order valence-corrected chi connectivity index (χ2v) is 6.77. The van der Waals surface area contributed by atoms with E-state index in [0.29, 0.717) is 13.0 Å². The van der Waals surface area contributed by atoms with Crippen LogP contribution >= 0.6 is 0 Å². The summed E-state index contributed by atoms with van der Waals surface area (Å²) in [5.74, 6) is -1.23. The van der Waals surface area contributed by atoms with E-state index in [1.165, 1.54) is 20.3 Å². The molecule has 8 heteroatoms. The Morgan fingerprint density at radius 1 is 1.33 bits per heavy atom. The van der Waals surface area contributed by atoms with Crippen molar-refractivity contribution < 1.29 is 32.5 Å². The van der Waals surface area contributed by atoms with Gasteiger partial charge in [-0.25, -0.2) is 13.2 Å². The lowest BCUT2D eigenvalue weighted by Crippen LogP contribution is -2.22. The second kappa shape index (κ2) is 5.90. The maximum absolute atomic E-state index is 12.5. The van der Waals surface area contributed by atoms with Gasteiger partial charge in [-0.3, -0.25) is 0 Å². The minimum Gasteiger partial charge on any atom is -0.493 e. The Labute approximate surface area is 122 Å². The van der Waals surface area contributed by atoms with E-state index in [9.17, 15) is 18.3 Å². The number of hydrogen-bond donors (Lipinski definition) is 1. The molecule has 1 unspecified atom stereocenters. The number of sulfone groups is 1. The van der Waals surface area contributed by atoms with Crippen molar-refractivity contribution >= 4 is 15.8 Å². The van der Waals surface area contributed by atoms with Crippen LogP contribution in [0.3, 0.4) is 0 Å². The smallest absolute Gasteiger partial charge is 0.339 e. The lowest BCUT2D eigenvalue weighted by atomic mass is 10.2. The fourth-order valence-corrected chi connectivity index (χ4v) is 3.83. The molecule has 0 aromatic heterocycles. The third-order valence-electron chi connectivity index (χ3n) is 3.34. The van der Waals surface area contributed by atoms with E-state index in [0.717, 1.165) is 6.07 Å². The number of carbonyl (C=O) groups is 1. The molecule has 0 spiro atoms. The Hall–Kier alpha value is -1.80. The highest BCUT2D eigenvalue weighted by Crippen LogP contribution is 2.36. The minimum absolute atomic E-state index is 0.00776. The molecule has 7 nitrogen and oxygen atoms in total. The predicted octanol–water partition coefficient (Wildman–Crippen LogP) is 0.965. The molecule has 1 aliphatic rings. The normalized spacial score (nSPS) is 18.5. The van der Waals surface area contributed by atoms with E-state index >= 15 is 0 Å². The van der Waals surface area contributed by atoms with Crippen LogP contribution in [0.15, 0.2) is 17.0 Å². The highest BCUT2D eigenvalue weighted by atomic mass is 32.2. The lowest BCUT2D eigenvalue weighted by Gasteiger charge is -2.15. The first-order valence-electron chi connectivity index (χ1n) is 6.22. The fourth-order valence-electron chi connectivity index (χ4n) is 2.21. The Bertz CT molecular complexity index is 645. The third kappa shape index (κ3) is 2.81. The Morgan fingerprint density at radius 2 is 2.05 bits per heavy atom. The fraction of sp³-hybridized carbons (Fsp3) is 0.462. The van der Waals surface area contributed by atoms with Gasteiger partial charge in [0.25, 0.3) is 0 Å². The zero-order chi connectivity index (χ0) is 15.6. The van der Waals surface area contributed by atoms with Crippen molar-refractivity contribution in [3.63, 3.8) is 0 Å². The quantitative estimate of drug-likeness (QED) is 0.863. The molecule has 0 amide bonds. The monoisotopic (exact) mass is 316 g/mol. The molecule has 0 bridgehead atoms. The van der Waals surface area contributed by atoms with Crippen molar-refractivity contribution in [1.82, 2.24) is 0 Å². The highest BCUT2D eigenvalue weighted by molar-refractivity contribution is 7.92. The zero-order valence-corrected chi connectivity index (χ0v) is 12.5. The number of carboxylic acids is 1. The van der Waals surface area contributed by atoms with Gasteiger partial charge >= 0.3 is 5.97 Å². The van der Waals surface area contributed by atoms with Gasteiger partial charge in [0, 0.05) is 12.7 Å². The summed E-state index contributed by atoms with van der Waals surface area (Å²) in [7, 11) is -1.06. The first kappa shape index (κ1) is 15.6. The van der Waals surface area contributed by atoms with Crippen molar-refractivity contribution in [3.05, 3.63) is 17.7 Å². The number of ether oxygens (including phenoxy) is 3. The van der Waals surface area contributed by atoms with Crippen molar-refractivity contribution in [1.29, 1.82) is 0 Å². The summed E-state index contributed by atoms with van der Waals surface area (Å²) in [6, 6.07) is 2.37. The molecule has 1 N–H and O–H groups in total. The number of rotatable bonds is 5. The molecular formula is C13H16O7S. The summed E-state index contributed by atoms with van der Waals surface area (Å²) >= 11 is 0. The molecule has 1 saturated heterocycles. The van der Waals surface area contributed by atoms with Crippen LogP contribution in [0.1, 0.15) is 16.8 Å². The molecule has 21 heavy (non-hydrogen) atoms. The average Bonchev–Trinajstić information content (AvgIpc) is 3.00. The molecule has 0 aliphatic carbocycles. The highest BCUT2D eigenvalue weighted by Gasteiger charge is 2.33. The maximum Gasteiger partial charge on any atom is 0.339 e. The Balaban J connectivity index is 2.59. The topological polar surface area (TPSA) is 99.1 Å². The SMILES string of the molecule is COc1cc(S(=O)(=O)C2CCOC2)cc(C(=O)O)c1OC. The first-order valence-corrected chi connectivity index (χ1v) is 7.77. The Kier molecular flexibility index (Phi) is 4.38. The van der Waals surface area contributed by atoms with E-state index in [1.807, 2.05) is 0 Å². The predicted molar refractivity (Wildman–Crippen MR) is 72.9 cm³/mol. The van der Waals surface area contributed by atoms with Crippen molar-refractivity contribution in [2.75, 3.05) is 27.4 Å². The Morgan fingerprint density at radius 3 is 2.52 bits per heavy atom. The number of benzene rings is 1. The molecule has 1 fully saturated rings. The lowest BCUT2D eigenvalue weighted by molar-refractivity contribution is 0.0692. The van der Waals surface area contributed by atoms with E-state index < -0.39 is 21.1 Å². The summed E-state index contributed by atoms with van der Waals surface area (Å²) in [6.45, 7) is 0.488. The number of carboxylic acid groups (broad SMARTS) is 1. The van der Waals surface area contributed by atoms with Crippen molar-refractivity contribution in [2.24, 2.45) is 0 Å². The molecule has 1 aromatic rings. The van der Waals surface area contributed by atoms with Gasteiger partial charge in [0.2, 0.25) is 0 Å². The second-order valence-electron chi connectivity index (χ2n) is 4.54. The van der Waals surface area contributed by atoms with Crippen molar-refractivity contribution in [2.45, 2.75) is 16.6 Å². The summed E-state index contributed by atoms with van der Waals surface area (Å²) < 4.78 is 40.1. The molecular weight excluding hydrogens is 300 g/mol. The van der Waals surface area contributed by atoms with Crippen LogP contribution in [-0.4, -0.2) is 52.2 Å². The standard InChI is InChI=1S/C13H16O7S/c1-18-11-6-9(5-10(13(14)15)12(11)19-2)21(16,17)8-3-4-20-7-8/h5-6,8H,3-4,7H2,1-2H3,(H,14,15). The summed E-state index contributed by atoms with van der Waals surface area (Å²) in [6.07, 6.45) is 0.388. The molecule has 0 saturated carbocycles. The molecule has 2 rings (SSSR count). The molecule has 1 heterocycles. The average molecular weight is 316 g/mol. The number of hydrogen-bond acceptors (Lipinski definition) is 6. The molecule has 1 aromatic carbocycles. The van der Waals surface area contributed by atoms with Crippen LogP contribution in [0.25, 0.3) is 0 Å². The van der Waals surface area contributed by atoms with E-state index in [-0.39, 0.29) is 28.6 Å². The van der Waals surface area contributed by atoms with Gasteiger partial charge in [0.1, 0.15) is 5.56 Å². The third-order valence-corrected chi connectivity index (χ3v) is 5.48. The molecule has 1 atom stereocenters. The van der Waals surface area contributed by atoms with Gasteiger partial charge in [-0.1, -0.05) is 0 Å². The first-order chi connectivity index (χ1) is 9.91. The van der Waals surface area contributed by atoms with Crippen LogP contribution in [0, 0.1) is 0 Å². The number of aromatic carboxylic acids is 1. The van der Waals surface area contributed by atoms with Gasteiger partial charge in [0.05, 0.1) is 31.0 Å². The van der Waals surface area contributed by atoms with Gasteiger partial charge in [0.15, 0.2) is 21.3 Å². The summed E-state index contributed by atoms with van der Waals surface area (Å²) in [5, 5.41) is 8.55. The van der Waals surface area contributed by atoms with E-state index in [1.54, 1.807) is 0 Å². The van der Waals surface area contributed by atoms with Crippen LogP contribution in [0.5, 0.6) is 11.5 Å². The minimum atomic E-state index is -3.68. The van der Waals surface area contributed by atoms with E-state index in [4.69, 9.17) is 14.2 Å². The summed E-state index contributed by atoms with van der Waals surface area (Å²) in [5.41, 5.74) is -0.255. The van der Waals surface area contributed by atoms with Gasteiger partial charge in [-0.05, 0) is 12.5 Å². The molecule has 0 radical (unpaired) electrons. The van der Waals surface area contributed by atoms with Gasteiger partial charge < -0.3 is 19.3 Å². The molecule has 1 aliphatic heterocycles. The van der Waals surface area contributed by atoms with Crippen LogP contribution < -0.4 is 9.47 Å². The van der Waals surface area contributed by atoms with Gasteiger partial charge in [-0.15, -0.1) is 0 Å². The van der Waals surface area contributed by atoms with Crippen LogP contribution in [0.2, 0.25) is 0 Å². The van der Waals surface area contributed by atoms with Crippen LogP contribution in [0.4, 0.5) is 0 Å². The van der Waals surface area contributed by atoms with Crippen LogP contribution in [-0.2, 0) is 14.6 Å². The van der Waals surface area contributed by atoms with Crippen molar-refractivity contribution in [3.8, 4) is 11.5 Å². The summed E-state index contributed by atoms with van der Waals surface area (Å²) in [4.78, 5) is 11.2. The number of methoxy groups -OCH3 is 2. The van der Waals surface area contributed by atoms with E-state index in [2.05, 4.69) is 0 Å². The van der Waals surface area contributed by atoms with Gasteiger partial charge in [-0.2, -0.15) is 0 Å². The molecule has 116 valence electrons. The maximum atomic E-state index is 12.5. The zero-order valence-electron chi connectivity index (χ0n) is 11.7.